The molecule has 1 amide bonds. The largest absolute Gasteiger partial charge is 0.406 e. The number of aromatic nitrogens is 4. The summed E-state index contributed by atoms with van der Waals surface area (Å²) < 4.78 is 57.0. The van der Waals surface area contributed by atoms with Crippen molar-refractivity contribution in [3.63, 3.8) is 0 Å². The second-order valence-electron chi connectivity index (χ2n) is 11.6. The number of anilines is 1. The Balaban J connectivity index is 1.46. The predicted molar refractivity (Wildman–Crippen MR) is 140 cm³/mol. The van der Waals surface area contributed by atoms with Crippen LogP contribution in [0.5, 0.6) is 0 Å². The van der Waals surface area contributed by atoms with Crippen molar-refractivity contribution in [2.45, 2.75) is 76.2 Å². The molecule has 1 aromatic carbocycles. The van der Waals surface area contributed by atoms with Crippen molar-refractivity contribution in [3.05, 3.63) is 75.5 Å². The number of hydrogen-bond acceptors (Lipinski definition) is 5. The van der Waals surface area contributed by atoms with Crippen LogP contribution in [-0.4, -0.2) is 37.0 Å². The molecule has 0 bridgehead atoms. The third-order valence-electron chi connectivity index (χ3n) is 8.21. The molecule has 5 rings (SSSR count). The number of hydrogen-bond donors (Lipinski definition) is 2. The summed E-state index contributed by atoms with van der Waals surface area (Å²) in [6.07, 6.45) is 2.42. The lowest BCUT2D eigenvalue weighted by atomic mass is 9.58. The van der Waals surface area contributed by atoms with E-state index in [1.165, 1.54) is 18.2 Å². The first-order chi connectivity index (χ1) is 18.8. The van der Waals surface area contributed by atoms with Crippen molar-refractivity contribution in [1.82, 2.24) is 24.6 Å². The van der Waals surface area contributed by atoms with Crippen LogP contribution in [0.2, 0.25) is 0 Å². The zero-order valence-corrected chi connectivity index (χ0v) is 22.6. The standard InChI is InChI=1S/C28H32F4N6O2/c1-17-11-27(12-17,25-36-34-16-37(25)3)19-5-6-21(29)22(10-19)35-23(39)20-9-18(13-33-26(2)7-4-8-26)14-38(24(20)40)15-28(30,31)32/h5-6,9-10,14,16-17,33H,4,7-8,11-13,15H2,1-3H3,(H,35,39). The minimum absolute atomic E-state index is 0.144. The maximum Gasteiger partial charge on any atom is 0.406 e. The summed E-state index contributed by atoms with van der Waals surface area (Å²) in [6.45, 7) is 2.75. The van der Waals surface area contributed by atoms with E-state index in [1.807, 2.05) is 14.0 Å². The Morgan fingerprint density at radius 2 is 1.93 bits per heavy atom. The minimum atomic E-state index is -4.67. The molecule has 0 saturated heterocycles. The van der Waals surface area contributed by atoms with Gasteiger partial charge in [0, 0.05) is 25.3 Å². The number of rotatable bonds is 8. The first-order valence-electron chi connectivity index (χ1n) is 13.3. The number of amides is 1. The number of alkyl halides is 3. The molecule has 2 N–H and O–H groups in total. The van der Waals surface area contributed by atoms with Gasteiger partial charge in [0.2, 0.25) is 0 Å². The van der Waals surface area contributed by atoms with E-state index >= 15 is 0 Å². The molecule has 2 saturated carbocycles. The molecule has 12 heteroatoms. The second kappa shape index (κ2) is 10.1. The molecule has 0 aliphatic heterocycles. The zero-order valence-electron chi connectivity index (χ0n) is 22.6. The van der Waals surface area contributed by atoms with Gasteiger partial charge in [0.05, 0.1) is 11.1 Å². The van der Waals surface area contributed by atoms with Crippen LogP contribution in [-0.2, 0) is 25.6 Å². The molecule has 2 aromatic heterocycles. The smallest absolute Gasteiger partial charge is 0.320 e. The van der Waals surface area contributed by atoms with E-state index in [0.717, 1.165) is 43.9 Å². The molecule has 2 heterocycles. The molecule has 0 radical (unpaired) electrons. The van der Waals surface area contributed by atoms with Crippen molar-refractivity contribution in [2.24, 2.45) is 13.0 Å². The van der Waals surface area contributed by atoms with E-state index in [4.69, 9.17) is 0 Å². The highest BCUT2D eigenvalue weighted by molar-refractivity contribution is 6.04. The fourth-order valence-corrected chi connectivity index (χ4v) is 5.97. The number of carbonyl (C=O) groups is 1. The van der Waals surface area contributed by atoms with Crippen molar-refractivity contribution in [3.8, 4) is 0 Å². The number of halogens is 4. The molecular formula is C28H32F4N6O2. The van der Waals surface area contributed by atoms with Crippen LogP contribution < -0.4 is 16.2 Å². The van der Waals surface area contributed by atoms with Crippen molar-refractivity contribution in [2.75, 3.05) is 5.32 Å². The molecule has 214 valence electrons. The Kier molecular flexibility index (Phi) is 7.10. The van der Waals surface area contributed by atoms with Gasteiger partial charge in [-0.1, -0.05) is 13.0 Å². The van der Waals surface area contributed by atoms with E-state index in [9.17, 15) is 27.2 Å². The summed E-state index contributed by atoms with van der Waals surface area (Å²) in [4.78, 5) is 26.3. The van der Waals surface area contributed by atoms with Gasteiger partial charge >= 0.3 is 6.18 Å². The highest BCUT2D eigenvalue weighted by Crippen LogP contribution is 2.51. The first-order valence-corrected chi connectivity index (χ1v) is 13.3. The monoisotopic (exact) mass is 560 g/mol. The number of nitrogens with zero attached hydrogens (tertiary/aromatic N) is 4. The number of nitrogens with one attached hydrogen (secondary N) is 2. The van der Waals surface area contributed by atoms with Crippen LogP contribution in [0.3, 0.4) is 0 Å². The second-order valence-corrected chi connectivity index (χ2v) is 11.6. The fourth-order valence-electron chi connectivity index (χ4n) is 5.97. The van der Waals surface area contributed by atoms with Gasteiger partial charge in [0.1, 0.15) is 30.1 Å². The van der Waals surface area contributed by atoms with E-state index in [1.54, 1.807) is 17.0 Å². The Morgan fingerprint density at radius 3 is 2.50 bits per heavy atom. The van der Waals surface area contributed by atoms with E-state index in [2.05, 4.69) is 27.8 Å². The predicted octanol–water partition coefficient (Wildman–Crippen LogP) is 4.68. The fraction of sp³-hybridized carbons (Fsp3) is 0.500. The summed E-state index contributed by atoms with van der Waals surface area (Å²) in [7, 11) is 1.82. The summed E-state index contributed by atoms with van der Waals surface area (Å²) >= 11 is 0. The van der Waals surface area contributed by atoms with Crippen LogP contribution in [0.15, 0.2) is 41.6 Å². The first kappa shape index (κ1) is 28.0. The molecule has 8 nitrogen and oxygen atoms in total. The molecule has 2 aliphatic carbocycles. The minimum Gasteiger partial charge on any atom is -0.320 e. The van der Waals surface area contributed by atoms with Crippen LogP contribution >= 0.6 is 0 Å². The third kappa shape index (κ3) is 5.41. The van der Waals surface area contributed by atoms with Gasteiger partial charge in [-0.2, -0.15) is 13.2 Å². The maximum atomic E-state index is 14.9. The molecular weight excluding hydrogens is 528 g/mol. The van der Waals surface area contributed by atoms with Gasteiger partial charge in [-0.15, -0.1) is 10.2 Å². The van der Waals surface area contributed by atoms with Crippen molar-refractivity contribution < 1.29 is 22.4 Å². The SMILES string of the molecule is CC1CC(c2ccc(F)c(NC(=O)c3cc(CNC4(C)CCC4)cn(CC(F)(F)F)c3=O)c2)(c2nncn2C)C1. The van der Waals surface area contributed by atoms with Gasteiger partial charge in [-0.05, 0) is 74.3 Å². The summed E-state index contributed by atoms with van der Waals surface area (Å²) in [5, 5.41) is 14.0. The summed E-state index contributed by atoms with van der Waals surface area (Å²) in [5.41, 5.74) is -1.37. The number of aryl methyl sites for hydroxylation is 1. The average Bonchev–Trinajstić information content (AvgIpc) is 3.27. The average molecular weight is 561 g/mol. The van der Waals surface area contributed by atoms with Gasteiger partial charge in [-0.25, -0.2) is 4.39 Å². The van der Waals surface area contributed by atoms with Crippen LogP contribution in [0.25, 0.3) is 0 Å². The molecule has 0 unspecified atom stereocenters. The van der Waals surface area contributed by atoms with Gasteiger partial charge in [0.25, 0.3) is 11.5 Å². The molecule has 0 atom stereocenters. The van der Waals surface area contributed by atoms with E-state index in [0.29, 0.717) is 21.9 Å². The number of pyridine rings is 1. The Hall–Kier alpha value is -3.54. The summed E-state index contributed by atoms with van der Waals surface area (Å²) in [5.74, 6) is -0.609. The lowest BCUT2D eigenvalue weighted by molar-refractivity contribution is -0.141. The quantitative estimate of drug-likeness (QED) is 0.391. The lowest BCUT2D eigenvalue weighted by Gasteiger charge is -2.46. The maximum absolute atomic E-state index is 14.9. The van der Waals surface area contributed by atoms with Gasteiger partial charge in [-0.3, -0.25) is 9.59 Å². The van der Waals surface area contributed by atoms with Gasteiger partial charge < -0.3 is 19.8 Å². The number of carbonyl (C=O) groups excluding carboxylic acids is 1. The highest BCUT2D eigenvalue weighted by Gasteiger charge is 2.48. The molecule has 2 fully saturated rings. The molecule has 0 spiro atoms. The van der Waals surface area contributed by atoms with E-state index in [-0.39, 0.29) is 17.8 Å². The van der Waals surface area contributed by atoms with Crippen LogP contribution in [0.4, 0.5) is 23.2 Å². The Labute approximate surface area is 228 Å². The van der Waals surface area contributed by atoms with E-state index < -0.39 is 41.0 Å². The Bertz CT molecular complexity index is 1480. The van der Waals surface area contributed by atoms with Gasteiger partial charge in [0.15, 0.2) is 0 Å². The highest BCUT2D eigenvalue weighted by atomic mass is 19.4. The third-order valence-corrected chi connectivity index (χ3v) is 8.21. The number of benzene rings is 1. The lowest BCUT2D eigenvalue weighted by Crippen LogP contribution is -2.47. The molecule has 40 heavy (non-hydrogen) atoms. The van der Waals surface area contributed by atoms with Crippen LogP contribution in [0.1, 0.15) is 73.3 Å². The van der Waals surface area contributed by atoms with Crippen LogP contribution in [0, 0.1) is 11.7 Å². The molecule has 2 aliphatic rings. The summed E-state index contributed by atoms with van der Waals surface area (Å²) in [6, 6.07) is 5.64. The van der Waals surface area contributed by atoms with Crippen molar-refractivity contribution >= 4 is 11.6 Å². The van der Waals surface area contributed by atoms with Crippen molar-refractivity contribution in [1.29, 1.82) is 0 Å². The Morgan fingerprint density at radius 1 is 1.20 bits per heavy atom. The topological polar surface area (TPSA) is 93.8 Å². The normalized spacial score (nSPS) is 21.9. The zero-order chi connectivity index (χ0) is 28.9. The molecule has 3 aromatic rings.